The average molecular weight is 219 g/mol. The van der Waals surface area contributed by atoms with Gasteiger partial charge in [0.25, 0.3) is 5.91 Å². The van der Waals surface area contributed by atoms with Crippen LogP contribution in [0.3, 0.4) is 0 Å². The molecule has 1 fully saturated rings. The molecule has 16 heavy (non-hydrogen) atoms. The SMILES string of the molecule is O=C1C=CC2=C(C1)C1(CNC(=O)N1)C(=O)N2. The van der Waals surface area contributed by atoms with Crippen molar-refractivity contribution in [3.8, 4) is 0 Å². The minimum absolute atomic E-state index is 0.0595. The fourth-order valence-corrected chi connectivity index (χ4v) is 2.28. The molecular formula is C10H9N3O3. The second-order valence-corrected chi connectivity index (χ2v) is 4.04. The molecule has 2 aliphatic heterocycles. The molecule has 3 aliphatic rings. The molecule has 6 heteroatoms. The topological polar surface area (TPSA) is 87.3 Å². The highest BCUT2D eigenvalue weighted by atomic mass is 16.2. The highest BCUT2D eigenvalue weighted by Gasteiger charge is 2.53. The molecule has 0 saturated carbocycles. The first kappa shape index (κ1) is 9.14. The largest absolute Gasteiger partial charge is 0.335 e. The first-order valence-electron chi connectivity index (χ1n) is 4.94. The summed E-state index contributed by atoms with van der Waals surface area (Å²) in [6.45, 7) is 0.192. The molecule has 1 atom stereocenters. The van der Waals surface area contributed by atoms with Crippen molar-refractivity contribution in [3.05, 3.63) is 23.4 Å². The average Bonchev–Trinajstić information content (AvgIpc) is 2.74. The molecule has 3 N–H and O–H groups in total. The third-order valence-corrected chi connectivity index (χ3v) is 3.10. The molecule has 0 bridgehead atoms. The number of fused-ring (bicyclic) bond motifs is 1. The molecule has 6 nitrogen and oxygen atoms in total. The Hall–Kier alpha value is -2.11. The van der Waals surface area contributed by atoms with Gasteiger partial charge in [-0.3, -0.25) is 9.59 Å². The quantitative estimate of drug-likeness (QED) is 0.486. The first-order chi connectivity index (χ1) is 7.62. The molecule has 0 radical (unpaired) electrons. The fraction of sp³-hybridized carbons (Fsp3) is 0.300. The van der Waals surface area contributed by atoms with E-state index in [4.69, 9.17) is 0 Å². The summed E-state index contributed by atoms with van der Waals surface area (Å²) in [5, 5.41) is 7.82. The summed E-state index contributed by atoms with van der Waals surface area (Å²) in [6.07, 6.45) is 3.19. The first-order valence-corrected chi connectivity index (χ1v) is 4.94. The van der Waals surface area contributed by atoms with Crippen molar-refractivity contribution >= 4 is 17.7 Å². The fourth-order valence-electron chi connectivity index (χ4n) is 2.28. The van der Waals surface area contributed by atoms with Crippen molar-refractivity contribution in [1.82, 2.24) is 16.0 Å². The van der Waals surface area contributed by atoms with E-state index in [1.165, 1.54) is 6.08 Å². The number of hydrogen-bond acceptors (Lipinski definition) is 3. The zero-order valence-electron chi connectivity index (χ0n) is 8.29. The number of allylic oxidation sites excluding steroid dienone is 2. The minimum atomic E-state index is -1.06. The molecule has 1 saturated heterocycles. The van der Waals surface area contributed by atoms with E-state index in [1.54, 1.807) is 6.08 Å². The molecule has 1 aliphatic carbocycles. The van der Waals surface area contributed by atoms with Crippen LogP contribution in [0.4, 0.5) is 4.79 Å². The van der Waals surface area contributed by atoms with Crippen LogP contribution in [-0.2, 0) is 9.59 Å². The maximum absolute atomic E-state index is 11.9. The van der Waals surface area contributed by atoms with Crippen molar-refractivity contribution in [2.24, 2.45) is 0 Å². The summed E-state index contributed by atoms with van der Waals surface area (Å²) < 4.78 is 0. The van der Waals surface area contributed by atoms with E-state index in [0.717, 1.165) is 0 Å². The monoisotopic (exact) mass is 219 g/mol. The second kappa shape index (κ2) is 2.72. The molecule has 0 aromatic carbocycles. The zero-order valence-corrected chi connectivity index (χ0v) is 8.29. The van der Waals surface area contributed by atoms with Crippen molar-refractivity contribution < 1.29 is 14.4 Å². The second-order valence-electron chi connectivity index (χ2n) is 4.04. The van der Waals surface area contributed by atoms with E-state index < -0.39 is 5.54 Å². The van der Waals surface area contributed by atoms with Gasteiger partial charge in [-0.15, -0.1) is 0 Å². The van der Waals surface area contributed by atoms with Crippen LogP contribution in [0, 0.1) is 0 Å². The van der Waals surface area contributed by atoms with E-state index in [2.05, 4.69) is 16.0 Å². The van der Waals surface area contributed by atoms with Crippen LogP contribution >= 0.6 is 0 Å². The highest BCUT2D eigenvalue weighted by Crippen LogP contribution is 2.33. The predicted octanol–water partition coefficient (Wildman–Crippen LogP) is -1.05. The lowest BCUT2D eigenvalue weighted by Crippen LogP contribution is -2.52. The molecule has 3 rings (SSSR count). The van der Waals surface area contributed by atoms with Crippen molar-refractivity contribution in [3.63, 3.8) is 0 Å². The summed E-state index contributed by atoms with van der Waals surface area (Å²) in [6, 6.07) is -0.383. The van der Waals surface area contributed by atoms with Gasteiger partial charge >= 0.3 is 6.03 Å². The lowest BCUT2D eigenvalue weighted by atomic mass is 9.86. The van der Waals surface area contributed by atoms with E-state index in [9.17, 15) is 14.4 Å². The van der Waals surface area contributed by atoms with E-state index in [1.807, 2.05) is 0 Å². The lowest BCUT2D eigenvalue weighted by Gasteiger charge is -2.22. The van der Waals surface area contributed by atoms with Gasteiger partial charge in [-0.05, 0) is 17.7 Å². The number of rotatable bonds is 0. The molecule has 1 unspecified atom stereocenters. The Morgan fingerprint density at radius 1 is 1.19 bits per heavy atom. The lowest BCUT2D eigenvalue weighted by molar-refractivity contribution is -0.123. The number of amides is 3. The van der Waals surface area contributed by atoms with Gasteiger partial charge in [0.05, 0.1) is 6.54 Å². The van der Waals surface area contributed by atoms with Crippen LogP contribution in [-0.4, -0.2) is 29.8 Å². The van der Waals surface area contributed by atoms with Gasteiger partial charge in [0.2, 0.25) is 0 Å². The van der Waals surface area contributed by atoms with Crippen LogP contribution in [0.15, 0.2) is 23.4 Å². The Morgan fingerprint density at radius 3 is 2.69 bits per heavy atom. The molecule has 1 spiro atoms. The summed E-state index contributed by atoms with van der Waals surface area (Å²) >= 11 is 0. The predicted molar refractivity (Wildman–Crippen MR) is 53.2 cm³/mol. The van der Waals surface area contributed by atoms with Crippen LogP contribution in [0.25, 0.3) is 0 Å². The number of carbonyl (C=O) groups is 3. The van der Waals surface area contributed by atoms with Crippen LogP contribution in [0.2, 0.25) is 0 Å². The van der Waals surface area contributed by atoms with Crippen LogP contribution < -0.4 is 16.0 Å². The Labute approximate surface area is 90.8 Å². The van der Waals surface area contributed by atoms with Gasteiger partial charge in [0.1, 0.15) is 0 Å². The van der Waals surface area contributed by atoms with Crippen LogP contribution in [0.5, 0.6) is 0 Å². The molecular weight excluding hydrogens is 210 g/mol. The summed E-state index contributed by atoms with van der Waals surface area (Å²) in [5.74, 6) is -0.342. The smallest absolute Gasteiger partial charge is 0.316 e. The molecule has 2 heterocycles. The number of urea groups is 1. The third-order valence-electron chi connectivity index (χ3n) is 3.10. The number of nitrogens with one attached hydrogen (secondary N) is 3. The van der Waals surface area contributed by atoms with E-state index >= 15 is 0 Å². The van der Waals surface area contributed by atoms with Gasteiger partial charge in [-0.25, -0.2) is 4.79 Å². The van der Waals surface area contributed by atoms with Gasteiger partial charge < -0.3 is 16.0 Å². The summed E-state index contributed by atoms with van der Waals surface area (Å²) in [4.78, 5) is 34.4. The minimum Gasteiger partial charge on any atom is -0.335 e. The van der Waals surface area contributed by atoms with Crippen molar-refractivity contribution in [1.29, 1.82) is 0 Å². The van der Waals surface area contributed by atoms with E-state index in [-0.39, 0.29) is 30.7 Å². The number of hydrogen-bond donors (Lipinski definition) is 3. The standard InChI is InChI=1S/C10H9N3O3/c14-5-1-2-7-6(3-5)10(8(15)12-7)4-11-9(16)13-10/h1-2H,3-4H2,(H,12,15)(H2,11,13,16). The Balaban J connectivity index is 2.08. The number of carbonyl (C=O) groups excluding carboxylic acids is 3. The highest BCUT2D eigenvalue weighted by molar-refractivity contribution is 6.05. The molecule has 3 amide bonds. The molecule has 0 aromatic heterocycles. The van der Waals surface area contributed by atoms with Gasteiger partial charge in [-0.2, -0.15) is 0 Å². The number of ketones is 1. The van der Waals surface area contributed by atoms with Gasteiger partial charge in [-0.1, -0.05) is 0 Å². The summed E-state index contributed by atoms with van der Waals surface area (Å²) in [7, 11) is 0. The van der Waals surface area contributed by atoms with Crippen molar-refractivity contribution in [2.45, 2.75) is 12.0 Å². The Kier molecular flexibility index (Phi) is 1.55. The van der Waals surface area contributed by atoms with Gasteiger partial charge in [0.15, 0.2) is 11.3 Å². The normalized spacial score (nSPS) is 31.6. The Bertz CT molecular complexity index is 492. The zero-order chi connectivity index (χ0) is 11.3. The Morgan fingerprint density at radius 2 is 2.00 bits per heavy atom. The maximum atomic E-state index is 11.9. The van der Waals surface area contributed by atoms with Gasteiger partial charge in [0, 0.05) is 12.1 Å². The van der Waals surface area contributed by atoms with Crippen LogP contribution in [0.1, 0.15) is 6.42 Å². The van der Waals surface area contributed by atoms with Crippen molar-refractivity contribution in [2.75, 3.05) is 6.54 Å². The third kappa shape index (κ3) is 0.982. The molecule has 82 valence electrons. The molecule has 0 aromatic rings. The van der Waals surface area contributed by atoms with E-state index in [0.29, 0.717) is 11.3 Å². The maximum Gasteiger partial charge on any atom is 0.316 e. The summed E-state index contributed by atoms with van der Waals surface area (Å²) in [5.41, 5.74) is 0.226.